The molecule has 0 bridgehead atoms. The number of rotatable bonds is 2. The Bertz CT molecular complexity index is 678. The van der Waals surface area contributed by atoms with Crippen LogP contribution in [0.1, 0.15) is 55.5 Å². The van der Waals surface area contributed by atoms with Gasteiger partial charge in [0.1, 0.15) is 5.76 Å². The lowest BCUT2D eigenvalue weighted by molar-refractivity contribution is 0.128. The minimum atomic E-state index is -0.000986. The lowest BCUT2D eigenvalue weighted by Crippen LogP contribution is -2.48. The molecule has 1 saturated heterocycles. The molecule has 3 atom stereocenters. The van der Waals surface area contributed by atoms with E-state index in [1.165, 1.54) is 36.0 Å². The summed E-state index contributed by atoms with van der Waals surface area (Å²) in [6.45, 7) is 6.24. The normalized spacial score (nSPS) is 32.3. The van der Waals surface area contributed by atoms with Crippen LogP contribution in [0.2, 0.25) is 0 Å². The van der Waals surface area contributed by atoms with Crippen molar-refractivity contribution >= 4 is 11.8 Å². The van der Waals surface area contributed by atoms with Crippen molar-refractivity contribution in [3.63, 3.8) is 0 Å². The summed E-state index contributed by atoms with van der Waals surface area (Å²) in [6.07, 6.45) is 6.07. The molecule has 0 radical (unpaired) electrons. The van der Waals surface area contributed by atoms with Crippen molar-refractivity contribution in [2.45, 2.75) is 62.6 Å². The Hall–Kier alpha value is -0.970. The van der Waals surface area contributed by atoms with E-state index in [4.69, 9.17) is 0 Å². The smallest absolute Gasteiger partial charge is 0.102 e. The lowest BCUT2D eigenvalue weighted by atomic mass is 9.69. The molecule has 0 aromatic heterocycles. The van der Waals surface area contributed by atoms with Gasteiger partial charge in [0.25, 0.3) is 0 Å². The first-order valence-corrected chi connectivity index (χ1v) is 11.0. The number of aliphatic hydroxyl groups is 1. The molecule has 26 heavy (non-hydrogen) atoms. The molecule has 1 saturated carbocycles. The highest BCUT2D eigenvalue weighted by Crippen LogP contribution is 2.50. The zero-order valence-electron chi connectivity index (χ0n) is 16.3. The van der Waals surface area contributed by atoms with Gasteiger partial charge in [-0.05, 0) is 37.9 Å². The maximum atomic E-state index is 11.3. The molecule has 3 unspecified atom stereocenters. The second-order valence-corrected chi connectivity index (χ2v) is 10.00. The van der Waals surface area contributed by atoms with Crippen LogP contribution in [0.15, 0.2) is 35.6 Å². The predicted octanol–water partition coefficient (Wildman–Crippen LogP) is 4.80. The molecule has 2 aliphatic heterocycles. The number of nitrogens with zero attached hydrogens (tertiary/aromatic N) is 1. The average molecular weight is 373 g/mol. The maximum absolute atomic E-state index is 11.3. The molecule has 2 fully saturated rings. The number of nitrogens with one attached hydrogen (secondary N) is 1. The van der Waals surface area contributed by atoms with Crippen LogP contribution in [-0.2, 0) is 0 Å². The summed E-state index contributed by atoms with van der Waals surface area (Å²) in [6, 6.07) is 9.23. The minimum Gasteiger partial charge on any atom is -0.512 e. The molecule has 4 rings (SSSR count). The largest absolute Gasteiger partial charge is 0.512 e. The number of likely N-dealkylation sites (N-methyl/N-ethyl adjacent to an activating group) is 1. The third-order valence-electron chi connectivity index (χ3n) is 6.71. The van der Waals surface area contributed by atoms with Crippen LogP contribution in [0.5, 0.6) is 0 Å². The number of aryl methyl sites for hydroxylation is 1. The summed E-state index contributed by atoms with van der Waals surface area (Å²) in [4.78, 5) is 2.48. The summed E-state index contributed by atoms with van der Waals surface area (Å²) in [7, 11) is 2.23. The van der Waals surface area contributed by atoms with Crippen LogP contribution < -0.4 is 5.32 Å². The van der Waals surface area contributed by atoms with E-state index >= 15 is 0 Å². The highest BCUT2D eigenvalue weighted by molar-refractivity contribution is 8.00. The van der Waals surface area contributed by atoms with Crippen molar-refractivity contribution in [3.05, 3.63) is 46.7 Å². The summed E-state index contributed by atoms with van der Waals surface area (Å²) in [5, 5.41) is 15.8. The first kappa shape index (κ1) is 18.4. The number of benzene rings is 1. The zero-order chi connectivity index (χ0) is 18.3. The van der Waals surface area contributed by atoms with Crippen molar-refractivity contribution in [2.24, 2.45) is 5.41 Å². The second-order valence-electron chi connectivity index (χ2n) is 8.53. The molecule has 3 nitrogen and oxygen atoms in total. The van der Waals surface area contributed by atoms with Crippen LogP contribution in [0, 0.1) is 12.3 Å². The van der Waals surface area contributed by atoms with E-state index in [9.17, 15) is 5.11 Å². The Kier molecular flexibility index (Phi) is 5.10. The Balaban J connectivity index is 1.64. The quantitative estimate of drug-likeness (QED) is 0.782. The number of thioether (sulfide) groups is 1. The van der Waals surface area contributed by atoms with E-state index in [0.29, 0.717) is 16.7 Å². The van der Waals surface area contributed by atoms with Crippen molar-refractivity contribution in [1.29, 1.82) is 0 Å². The SMILES string of the molecule is Cc1ccc(C2SC(C)C(C3=C(O)C4(CCCCC4)CNC3)N2C)cc1. The fourth-order valence-electron chi connectivity index (χ4n) is 5.26. The van der Waals surface area contributed by atoms with Crippen molar-refractivity contribution < 1.29 is 5.11 Å². The Labute approximate surface area is 162 Å². The Morgan fingerprint density at radius 3 is 2.54 bits per heavy atom. The van der Waals surface area contributed by atoms with Crippen molar-refractivity contribution in [1.82, 2.24) is 10.2 Å². The molecule has 2 N–H and O–H groups in total. The Morgan fingerprint density at radius 2 is 1.85 bits per heavy atom. The van der Waals surface area contributed by atoms with Crippen molar-refractivity contribution in [3.8, 4) is 0 Å². The van der Waals surface area contributed by atoms with Gasteiger partial charge in [-0.25, -0.2) is 0 Å². The number of hydrogen-bond acceptors (Lipinski definition) is 4. The zero-order valence-corrected chi connectivity index (χ0v) is 17.1. The van der Waals surface area contributed by atoms with Gasteiger partial charge in [0.05, 0.1) is 5.37 Å². The molecule has 1 aromatic carbocycles. The van der Waals surface area contributed by atoms with Gasteiger partial charge in [-0.15, -0.1) is 11.8 Å². The van der Waals surface area contributed by atoms with Gasteiger partial charge in [-0.1, -0.05) is 56.0 Å². The van der Waals surface area contributed by atoms with E-state index in [-0.39, 0.29) is 5.41 Å². The highest BCUT2D eigenvalue weighted by Gasteiger charge is 2.46. The molecule has 0 amide bonds. The Morgan fingerprint density at radius 1 is 1.15 bits per heavy atom. The van der Waals surface area contributed by atoms with Gasteiger partial charge in [0, 0.05) is 29.8 Å². The van der Waals surface area contributed by atoms with E-state index in [0.717, 1.165) is 31.7 Å². The molecule has 1 aromatic rings. The molecule has 3 aliphatic rings. The summed E-state index contributed by atoms with van der Waals surface area (Å²) >= 11 is 2.02. The average Bonchev–Trinajstić information content (AvgIpc) is 2.94. The van der Waals surface area contributed by atoms with Gasteiger partial charge in [0.2, 0.25) is 0 Å². The highest BCUT2D eigenvalue weighted by atomic mass is 32.2. The van der Waals surface area contributed by atoms with Gasteiger partial charge in [0.15, 0.2) is 0 Å². The molecular weight excluding hydrogens is 340 g/mol. The van der Waals surface area contributed by atoms with E-state index in [1.54, 1.807) is 0 Å². The summed E-state index contributed by atoms with van der Waals surface area (Å²) < 4.78 is 0. The first-order valence-electron chi connectivity index (χ1n) is 10.1. The van der Waals surface area contributed by atoms with Gasteiger partial charge < -0.3 is 10.4 Å². The summed E-state index contributed by atoms with van der Waals surface area (Å²) in [5.41, 5.74) is 3.92. The van der Waals surface area contributed by atoms with Gasteiger partial charge in [-0.3, -0.25) is 4.90 Å². The fourth-order valence-corrected chi connectivity index (χ4v) is 6.81. The second kappa shape index (κ2) is 7.21. The third-order valence-corrected chi connectivity index (χ3v) is 8.26. The molecule has 1 spiro atoms. The van der Waals surface area contributed by atoms with Crippen LogP contribution in [0.25, 0.3) is 0 Å². The topological polar surface area (TPSA) is 35.5 Å². The maximum Gasteiger partial charge on any atom is 0.102 e. The number of hydrogen-bond donors (Lipinski definition) is 2. The van der Waals surface area contributed by atoms with Gasteiger partial charge in [-0.2, -0.15) is 0 Å². The van der Waals surface area contributed by atoms with E-state index < -0.39 is 0 Å². The van der Waals surface area contributed by atoms with Crippen molar-refractivity contribution in [2.75, 3.05) is 20.1 Å². The van der Waals surface area contributed by atoms with Crippen LogP contribution >= 0.6 is 11.8 Å². The lowest BCUT2D eigenvalue weighted by Gasteiger charge is -2.43. The molecule has 142 valence electrons. The van der Waals surface area contributed by atoms with Crippen LogP contribution in [0.3, 0.4) is 0 Å². The predicted molar refractivity (Wildman–Crippen MR) is 111 cm³/mol. The summed E-state index contributed by atoms with van der Waals surface area (Å²) in [5.74, 6) is 0.727. The minimum absolute atomic E-state index is 0.000986. The third kappa shape index (κ3) is 3.10. The standard InChI is InChI=1S/C22H32N2OS/c1-15-7-9-17(10-8-15)21-24(3)19(16(2)26-21)18-13-23-14-22(20(18)25)11-5-4-6-12-22/h7-10,16,19,21,23,25H,4-6,11-14H2,1-3H3. The van der Waals surface area contributed by atoms with E-state index in [2.05, 4.69) is 55.4 Å². The van der Waals surface area contributed by atoms with Crippen LogP contribution in [-0.4, -0.2) is 41.4 Å². The molecule has 2 heterocycles. The van der Waals surface area contributed by atoms with Crippen LogP contribution in [0.4, 0.5) is 0 Å². The van der Waals surface area contributed by atoms with Gasteiger partial charge >= 0.3 is 0 Å². The molecule has 4 heteroatoms. The monoisotopic (exact) mass is 372 g/mol. The number of aliphatic hydroxyl groups excluding tert-OH is 1. The fraction of sp³-hybridized carbons (Fsp3) is 0.636. The first-order chi connectivity index (χ1) is 12.5. The molecular formula is C22H32N2OS. The molecule has 1 aliphatic carbocycles. The van der Waals surface area contributed by atoms with E-state index in [1.807, 2.05) is 11.8 Å².